The molecule has 1 saturated heterocycles. The van der Waals surface area contributed by atoms with Crippen LogP contribution in [0, 0.1) is 18.7 Å². The Morgan fingerprint density at radius 3 is 2.88 bits per heavy atom. The van der Waals surface area contributed by atoms with Crippen LogP contribution in [0.4, 0.5) is 4.39 Å². The van der Waals surface area contributed by atoms with Crippen LogP contribution >= 0.6 is 0 Å². The smallest absolute Gasteiger partial charge is 0.205 e. The minimum absolute atomic E-state index is 0.124. The molecule has 1 atom stereocenters. The molecule has 33 heavy (non-hydrogen) atoms. The van der Waals surface area contributed by atoms with Crippen LogP contribution in [-0.2, 0) is 14.3 Å². The van der Waals surface area contributed by atoms with E-state index in [1.54, 1.807) is 25.3 Å². The summed E-state index contributed by atoms with van der Waals surface area (Å²) in [4.78, 5) is 17.5. The number of ether oxygens (including phenoxy) is 3. The van der Waals surface area contributed by atoms with E-state index in [1.807, 2.05) is 18.1 Å². The fraction of sp³-hybridized carbons (Fsp3) is 0.417. The molecule has 2 aliphatic heterocycles. The van der Waals surface area contributed by atoms with Crippen LogP contribution in [0.5, 0.6) is 5.75 Å². The van der Waals surface area contributed by atoms with Gasteiger partial charge in [-0.15, -0.1) is 0 Å². The van der Waals surface area contributed by atoms with E-state index in [-0.39, 0.29) is 11.7 Å². The van der Waals surface area contributed by atoms with Gasteiger partial charge in [0.25, 0.3) is 0 Å². The number of benzene rings is 1. The lowest BCUT2D eigenvalue weighted by molar-refractivity contribution is -0.151. The summed E-state index contributed by atoms with van der Waals surface area (Å²) in [6.45, 7) is 4.68. The zero-order chi connectivity index (χ0) is 22.8. The van der Waals surface area contributed by atoms with Gasteiger partial charge in [-0.05, 0) is 38.0 Å². The predicted molar refractivity (Wildman–Crippen MR) is 122 cm³/mol. The molecule has 0 radical (unpaired) electrons. The summed E-state index contributed by atoms with van der Waals surface area (Å²) in [5.41, 5.74) is 2.34. The quantitative estimate of drug-likeness (QED) is 0.633. The first-order valence-corrected chi connectivity index (χ1v) is 11.2. The van der Waals surface area contributed by atoms with Crippen molar-refractivity contribution in [1.82, 2.24) is 10.0 Å². The van der Waals surface area contributed by atoms with Gasteiger partial charge in [0, 0.05) is 42.2 Å². The maximum Gasteiger partial charge on any atom is 0.205 e. The number of aryl methyl sites for hydroxylation is 1. The molecular formula is C24H27FN4O4. The van der Waals surface area contributed by atoms with Gasteiger partial charge >= 0.3 is 0 Å². The van der Waals surface area contributed by atoms with Crippen LogP contribution in [0.1, 0.15) is 25.0 Å². The Morgan fingerprint density at radius 2 is 2.06 bits per heavy atom. The fourth-order valence-corrected chi connectivity index (χ4v) is 4.31. The fourth-order valence-electron chi connectivity index (χ4n) is 4.31. The average Bonchev–Trinajstić information content (AvgIpc) is 3.47. The number of hydrogen-bond donors (Lipinski definition) is 1. The third-order valence-electron chi connectivity index (χ3n) is 5.97. The Labute approximate surface area is 191 Å². The molecule has 1 N–H and O–H groups in total. The second-order valence-electron chi connectivity index (χ2n) is 8.24. The van der Waals surface area contributed by atoms with Gasteiger partial charge in [-0.1, -0.05) is 0 Å². The standard InChI is InChI=1S/C24H27FN4O4/c1-15-11-16-18(28-15)5-6-20(23(16)25)33-24-17-12-21(30-2)22(13-19(17)26-14-27-24)31-9-10-32-29-7-3-4-8-29/h5-6,11,13-14,17,28H,3-4,7-10,12H2,1-2H3. The van der Waals surface area contributed by atoms with Crippen LogP contribution in [-0.4, -0.2) is 55.7 Å². The molecule has 174 valence electrons. The molecule has 0 amide bonds. The van der Waals surface area contributed by atoms with Crippen LogP contribution in [0.3, 0.4) is 0 Å². The maximum atomic E-state index is 15.0. The molecule has 9 heteroatoms. The largest absolute Gasteiger partial charge is 0.497 e. The van der Waals surface area contributed by atoms with Crippen LogP contribution in [0.25, 0.3) is 10.9 Å². The van der Waals surface area contributed by atoms with Gasteiger partial charge in [0.2, 0.25) is 5.90 Å². The molecule has 5 rings (SSSR count). The molecule has 1 fully saturated rings. The highest BCUT2D eigenvalue weighted by atomic mass is 19.1. The van der Waals surface area contributed by atoms with E-state index in [4.69, 9.17) is 19.0 Å². The highest BCUT2D eigenvalue weighted by Gasteiger charge is 2.33. The third-order valence-corrected chi connectivity index (χ3v) is 5.97. The SMILES string of the molecule is COC1=C(OCCON2CCCC2)C=C2N=CN=C(Oc3ccc4[nH]c(C)cc4c3F)C2C1. The normalized spacial score (nSPS) is 20.6. The summed E-state index contributed by atoms with van der Waals surface area (Å²) >= 11 is 0. The predicted octanol–water partition coefficient (Wildman–Crippen LogP) is 4.24. The summed E-state index contributed by atoms with van der Waals surface area (Å²) in [6, 6.07) is 5.17. The lowest BCUT2D eigenvalue weighted by Crippen LogP contribution is -2.29. The van der Waals surface area contributed by atoms with E-state index in [0.717, 1.165) is 30.0 Å². The molecule has 1 aromatic heterocycles. The maximum absolute atomic E-state index is 15.0. The highest BCUT2D eigenvalue weighted by Crippen LogP contribution is 2.35. The van der Waals surface area contributed by atoms with Crippen LogP contribution in [0.15, 0.2) is 51.5 Å². The highest BCUT2D eigenvalue weighted by molar-refractivity contribution is 5.93. The van der Waals surface area contributed by atoms with Crippen molar-refractivity contribution in [3.63, 3.8) is 0 Å². The molecule has 0 spiro atoms. The number of rotatable bonds is 7. The molecule has 2 aromatic rings. The van der Waals surface area contributed by atoms with Crippen molar-refractivity contribution < 1.29 is 23.4 Å². The number of aliphatic imine (C=N–C) groups is 2. The number of halogens is 1. The Hall–Kier alpha value is -3.17. The summed E-state index contributed by atoms with van der Waals surface area (Å²) in [5, 5.41) is 2.46. The summed E-state index contributed by atoms with van der Waals surface area (Å²) in [5.74, 6) is 1.05. The second-order valence-corrected chi connectivity index (χ2v) is 8.24. The Balaban J connectivity index is 1.28. The van der Waals surface area contributed by atoms with Gasteiger partial charge in [-0.25, -0.2) is 14.4 Å². The van der Waals surface area contributed by atoms with E-state index in [0.29, 0.717) is 42.4 Å². The van der Waals surface area contributed by atoms with Gasteiger partial charge in [0.1, 0.15) is 25.3 Å². The minimum Gasteiger partial charge on any atom is -0.497 e. The third kappa shape index (κ3) is 4.51. The Morgan fingerprint density at radius 1 is 1.21 bits per heavy atom. The van der Waals surface area contributed by atoms with Crippen molar-refractivity contribution in [2.24, 2.45) is 15.9 Å². The lowest BCUT2D eigenvalue weighted by atomic mass is 9.93. The van der Waals surface area contributed by atoms with Crippen molar-refractivity contribution in [2.45, 2.75) is 26.2 Å². The average molecular weight is 455 g/mol. The summed E-state index contributed by atoms with van der Waals surface area (Å²) < 4.78 is 32.5. The van der Waals surface area contributed by atoms with Gasteiger partial charge < -0.3 is 19.2 Å². The molecule has 0 bridgehead atoms. The number of allylic oxidation sites excluding steroid dienone is 2. The van der Waals surface area contributed by atoms with Crippen molar-refractivity contribution in [3.05, 3.63) is 53.0 Å². The lowest BCUT2D eigenvalue weighted by Gasteiger charge is -2.27. The van der Waals surface area contributed by atoms with Crippen LogP contribution in [0.2, 0.25) is 0 Å². The zero-order valence-electron chi connectivity index (χ0n) is 18.8. The molecule has 3 heterocycles. The number of fused-ring (bicyclic) bond motifs is 2. The van der Waals surface area contributed by atoms with E-state index in [1.165, 1.54) is 19.2 Å². The first-order chi connectivity index (χ1) is 16.1. The zero-order valence-corrected chi connectivity index (χ0v) is 18.8. The van der Waals surface area contributed by atoms with E-state index >= 15 is 4.39 Å². The Kier molecular flexibility index (Phi) is 6.15. The first kappa shape index (κ1) is 21.7. The molecule has 1 aliphatic carbocycles. The van der Waals surface area contributed by atoms with E-state index in [9.17, 15) is 0 Å². The van der Waals surface area contributed by atoms with Gasteiger partial charge in [-0.3, -0.25) is 4.84 Å². The topological polar surface area (TPSA) is 80.7 Å². The number of methoxy groups -OCH3 is 1. The molecule has 3 aliphatic rings. The van der Waals surface area contributed by atoms with Crippen molar-refractivity contribution >= 4 is 23.1 Å². The molecule has 8 nitrogen and oxygen atoms in total. The van der Waals surface area contributed by atoms with Crippen molar-refractivity contribution in [1.29, 1.82) is 0 Å². The summed E-state index contributed by atoms with van der Waals surface area (Å²) in [6.07, 6.45) is 6.03. The number of hydrogen-bond acceptors (Lipinski definition) is 7. The van der Waals surface area contributed by atoms with Gasteiger partial charge in [-0.2, -0.15) is 5.06 Å². The van der Waals surface area contributed by atoms with Crippen molar-refractivity contribution in [3.8, 4) is 5.75 Å². The number of H-pyrrole nitrogens is 1. The monoisotopic (exact) mass is 454 g/mol. The van der Waals surface area contributed by atoms with E-state index in [2.05, 4.69) is 15.0 Å². The summed E-state index contributed by atoms with van der Waals surface area (Å²) in [7, 11) is 1.60. The van der Waals surface area contributed by atoms with Crippen molar-refractivity contribution in [2.75, 3.05) is 33.4 Å². The van der Waals surface area contributed by atoms with Gasteiger partial charge in [0.15, 0.2) is 17.3 Å². The number of aromatic amines is 1. The van der Waals surface area contributed by atoms with Gasteiger partial charge in [0.05, 0.1) is 18.7 Å². The number of nitrogens with one attached hydrogen (secondary N) is 1. The number of aromatic nitrogens is 1. The molecule has 0 saturated carbocycles. The Bertz CT molecular complexity index is 1160. The number of nitrogens with zero attached hydrogens (tertiary/aromatic N) is 3. The number of hydroxylamine groups is 2. The van der Waals surface area contributed by atoms with E-state index < -0.39 is 5.82 Å². The molecular weight excluding hydrogens is 427 g/mol. The molecule has 1 aromatic carbocycles. The second kappa shape index (κ2) is 9.36. The molecule has 1 unspecified atom stereocenters. The van der Waals surface area contributed by atoms with Crippen LogP contribution < -0.4 is 4.74 Å². The first-order valence-electron chi connectivity index (χ1n) is 11.2. The minimum atomic E-state index is -0.423.